The molecule has 0 bridgehead atoms. The average molecular weight is 223 g/mol. The smallest absolute Gasteiger partial charge is 1.00 e. The first kappa shape index (κ1) is 75.2. The largest absolute Gasteiger partial charge is 1.00 e. The van der Waals surface area contributed by atoms with Gasteiger partial charge in [0.15, 0.2) is 0 Å². The minimum atomic E-state index is 0. The predicted octanol–water partition coefficient (Wildman–Crippen LogP) is 0.348. The molecule has 0 unspecified atom stereocenters. The van der Waals surface area contributed by atoms with E-state index in [1.54, 1.807) is 0 Å². The van der Waals surface area contributed by atoms with Crippen LogP contribution in [0.25, 0.3) is 0 Å². The molecule has 42 valence electrons. The Labute approximate surface area is 68.6 Å². The summed E-state index contributed by atoms with van der Waals surface area (Å²) in [6, 6.07) is 0. The van der Waals surface area contributed by atoms with Crippen molar-refractivity contribution < 1.29 is 1.43 Å². The fourth-order valence-corrected chi connectivity index (χ4v) is 0. The van der Waals surface area contributed by atoms with Crippen molar-refractivity contribution in [3.8, 4) is 0 Å². The first-order chi connectivity index (χ1) is 0. The summed E-state index contributed by atoms with van der Waals surface area (Å²) in [4.78, 5) is 0. The minimum Gasteiger partial charge on any atom is -1.00 e. The summed E-state index contributed by atoms with van der Waals surface area (Å²) in [5.41, 5.74) is 0. The molecule has 0 saturated heterocycles. The van der Waals surface area contributed by atoms with E-state index in [0.717, 1.165) is 0 Å². The minimum absolute atomic E-state index is 0. The second-order valence-electron chi connectivity index (χ2n) is 0. The Kier molecular flexibility index (Phi) is 654. The number of hydrogen-bond acceptors (Lipinski definition) is 0. The monoisotopic (exact) mass is 223 g/mol. The van der Waals surface area contributed by atoms with Crippen LogP contribution in [0.1, 0.15) is 1.43 Å². The molecule has 5 heavy (non-hydrogen) atoms. The molecule has 0 saturated carbocycles. The summed E-state index contributed by atoms with van der Waals surface area (Å²) < 4.78 is 0. The predicted molar refractivity (Wildman–Crippen MR) is 41.4 cm³/mol. The fraction of sp³-hybridized carbons (Fsp3) is 0. The second-order valence-corrected chi connectivity index (χ2v) is 0. The zero-order valence-electron chi connectivity index (χ0n) is 2.63. The van der Waals surface area contributed by atoms with Gasteiger partial charge >= 0.3 is 17.6 Å². The van der Waals surface area contributed by atoms with Gasteiger partial charge in [0, 0.05) is 0 Å². The van der Waals surface area contributed by atoms with E-state index in [1.807, 2.05) is 0 Å². The molecule has 0 fully saturated rings. The van der Waals surface area contributed by atoms with Gasteiger partial charge in [-0.05, 0) is 0 Å². The summed E-state index contributed by atoms with van der Waals surface area (Å²) in [6.45, 7) is 0. The molecule has 0 aromatic rings. The van der Waals surface area contributed by atoms with Gasteiger partial charge in [0.05, 0.1) is 0 Å². The van der Waals surface area contributed by atoms with Crippen LogP contribution in [0.4, 0.5) is 0 Å². The van der Waals surface area contributed by atoms with Crippen LogP contribution in [-0.2, 0) is 0 Å². The number of halogens is 4. The molecule has 0 aliphatic rings. The van der Waals surface area contributed by atoms with E-state index in [1.165, 1.54) is 0 Å². The van der Waals surface area contributed by atoms with Gasteiger partial charge in [-0.2, -0.15) is 0 Å². The summed E-state index contributed by atoms with van der Waals surface area (Å²) >= 11 is 0. The SMILES string of the molecule is Cl.Cl.Cl.Cl.[GeH4].[H-]. The molecule has 0 aliphatic carbocycles. The third kappa shape index (κ3) is 27.0. The quantitative estimate of drug-likeness (QED) is 0.520. The van der Waals surface area contributed by atoms with E-state index in [9.17, 15) is 0 Å². The Balaban J connectivity index is 0. The Morgan fingerprint density at radius 1 is 0.600 bits per heavy atom. The van der Waals surface area contributed by atoms with Gasteiger partial charge in [-0.15, -0.1) is 49.6 Å². The summed E-state index contributed by atoms with van der Waals surface area (Å²) in [6.07, 6.45) is 0. The summed E-state index contributed by atoms with van der Waals surface area (Å²) in [5, 5.41) is 0. The first-order valence-electron chi connectivity index (χ1n) is 0. The first-order valence-corrected chi connectivity index (χ1v) is 0. The van der Waals surface area contributed by atoms with Crippen LogP contribution in [-0.4, -0.2) is 17.6 Å². The van der Waals surface area contributed by atoms with E-state index >= 15 is 0 Å². The standard InChI is InChI=1S/4ClH.GeH4.H/h4*1H;1H4;/q;;;;;-1. The molecule has 0 aliphatic heterocycles. The van der Waals surface area contributed by atoms with Crippen molar-refractivity contribution in [2.24, 2.45) is 0 Å². The molecule has 5 heteroatoms. The van der Waals surface area contributed by atoms with Crippen molar-refractivity contribution in [3.05, 3.63) is 0 Å². The molecule has 0 amide bonds. The van der Waals surface area contributed by atoms with Crippen molar-refractivity contribution >= 4 is 67.2 Å². The maximum atomic E-state index is 0. The van der Waals surface area contributed by atoms with Gasteiger partial charge in [-0.1, -0.05) is 0 Å². The maximum absolute atomic E-state index is 0. The van der Waals surface area contributed by atoms with Gasteiger partial charge in [0.25, 0.3) is 0 Å². The van der Waals surface area contributed by atoms with Crippen molar-refractivity contribution in [2.75, 3.05) is 0 Å². The van der Waals surface area contributed by atoms with Crippen LogP contribution in [0.15, 0.2) is 0 Å². The van der Waals surface area contributed by atoms with Crippen molar-refractivity contribution in [2.45, 2.75) is 0 Å². The van der Waals surface area contributed by atoms with Crippen LogP contribution >= 0.6 is 49.6 Å². The fourth-order valence-electron chi connectivity index (χ4n) is 0. The molecule has 0 atom stereocenters. The van der Waals surface area contributed by atoms with Gasteiger partial charge in [0.2, 0.25) is 0 Å². The van der Waals surface area contributed by atoms with E-state index in [4.69, 9.17) is 0 Å². The molecule has 0 radical (unpaired) electrons. The van der Waals surface area contributed by atoms with Gasteiger partial charge < -0.3 is 1.43 Å². The molecule has 0 aromatic carbocycles. The molecule has 0 spiro atoms. The zero-order chi connectivity index (χ0) is 0. The van der Waals surface area contributed by atoms with Gasteiger partial charge in [-0.3, -0.25) is 0 Å². The van der Waals surface area contributed by atoms with E-state index in [2.05, 4.69) is 0 Å². The Hall–Kier alpha value is 1.70. The van der Waals surface area contributed by atoms with Crippen molar-refractivity contribution in [1.82, 2.24) is 0 Å². The molecule has 0 heterocycles. The number of hydrogen-bond donors (Lipinski definition) is 0. The molecule has 0 nitrogen and oxygen atoms in total. The van der Waals surface area contributed by atoms with Crippen LogP contribution < -0.4 is 0 Å². The molecule has 0 N–H and O–H groups in total. The number of rotatable bonds is 0. The Morgan fingerprint density at radius 3 is 0.600 bits per heavy atom. The summed E-state index contributed by atoms with van der Waals surface area (Å²) in [7, 11) is 0. The van der Waals surface area contributed by atoms with Crippen LogP contribution in [0.5, 0.6) is 0 Å². The molecule has 0 rings (SSSR count). The van der Waals surface area contributed by atoms with Crippen LogP contribution in [0.3, 0.4) is 0 Å². The average Bonchev–Trinajstić information content (AvgIpc) is 0. The molecular weight excluding hydrogens is 214 g/mol. The topological polar surface area (TPSA) is 0 Å². The van der Waals surface area contributed by atoms with E-state index in [0.29, 0.717) is 0 Å². The van der Waals surface area contributed by atoms with E-state index in [-0.39, 0.29) is 68.7 Å². The Bertz CT molecular complexity index is 7.51. The summed E-state index contributed by atoms with van der Waals surface area (Å²) in [5.74, 6) is 0. The third-order valence-corrected chi connectivity index (χ3v) is 0. The zero-order valence-corrected chi connectivity index (χ0v) is 4.90. The van der Waals surface area contributed by atoms with Gasteiger partial charge in [0.1, 0.15) is 0 Å². The van der Waals surface area contributed by atoms with E-state index < -0.39 is 0 Å². The van der Waals surface area contributed by atoms with Crippen LogP contribution in [0.2, 0.25) is 0 Å². The van der Waals surface area contributed by atoms with Crippen molar-refractivity contribution in [3.63, 3.8) is 0 Å². The third-order valence-electron chi connectivity index (χ3n) is 0. The van der Waals surface area contributed by atoms with Crippen LogP contribution in [0, 0.1) is 0 Å². The Morgan fingerprint density at radius 2 is 0.600 bits per heavy atom. The normalized spacial score (nSPS) is 0. The maximum Gasteiger partial charge on any atom is -1.00 e. The van der Waals surface area contributed by atoms with Crippen molar-refractivity contribution in [1.29, 1.82) is 0 Å². The second kappa shape index (κ2) is 43.5. The molecule has 0 aromatic heterocycles. The van der Waals surface area contributed by atoms with Gasteiger partial charge in [-0.25, -0.2) is 0 Å². The molecular formula is H9Cl4Ge-.